The zero-order valence-corrected chi connectivity index (χ0v) is 17.1. The van der Waals surface area contributed by atoms with Crippen LogP contribution >= 0.6 is 11.3 Å². The standard InChI is InChI=1S/C23H22N2OS/c1-13-6-8-18(15(3)10-13)21-20(12-26)25-22(17(5)27-23(25)24-21)19-9-7-14(2)11-16(19)4/h6-12H,1-5H3. The molecule has 4 aromatic rings. The van der Waals surface area contributed by atoms with Crippen LogP contribution < -0.4 is 0 Å². The summed E-state index contributed by atoms with van der Waals surface area (Å²) in [7, 11) is 0. The molecular formula is C23H22N2OS. The van der Waals surface area contributed by atoms with Gasteiger partial charge in [-0.2, -0.15) is 0 Å². The Hall–Kier alpha value is -2.72. The molecule has 4 rings (SSSR count). The summed E-state index contributed by atoms with van der Waals surface area (Å²) >= 11 is 1.63. The van der Waals surface area contributed by atoms with Crippen LogP contribution in [0.3, 0.4) is 0 Å². The van der Waals surface area contributed by atoms with E-state index in [4.69, 9.17) is 4.98 Å². The van der Waals surface area contributed by atoms with E-state index in [-0.39, 0.29) is 0 Å². The predicted octanol–water partition coefficient (Wildman–Crippen LogP) is 6.08. The number of aryl methyl sites for hydroxylation is 5. The van der Waals surface area contributed by atoms with E-state index in [2.05, 4.69) is 71.0 Å². The van der Waals surface area contributed by atoms with Gasteiger partial charge in [-0.15, -0.1) is 11.3 Å². The lowest BCUT2D eigenvalue weighted by Crippen LogP contribution is -1.97. The number of aldehydes is 1. The second kappa shape index (κ2) is 6.46. The minimum Gasteiger partial charge on any atom is -0.296 e. The maximum absolute atomic E-state index is 12.1. The Labute approximate surface area is 163 Å². The number of hydrogen-bond acceptors (Lipinski definition) is 3. The molecular weight excluding hydrogens is 352 g/mol. The molecule has 0 amide bonds. The highest BCUT2D eigenvalue weighted by Crippen LogP contribution is 2.37. The van der Waals surface area contributed by atoms with E-state index >= 15 is 0 Å². The molecule has 0 N–H and O–H groups in total. The van der Waals surface area contributed by atoms with Crippen LogP contribution in [0.15, 0.2) is 36.4 Å². The Balaban J connectivity index is 2.04. The van der Waals surface area contributed by atoms with E-state index in [0.29, 0.717) is 5.69 Å². The predicted molar refractivity (Wildman–Crippen MR) is 113 cm³/mol. The summed E-state index contributed by atoms with van der Waals surface area (Å²) in [6.45, 7) is 10.5. The van der Waals surface area contributed by atoms with Crippen LogP contribution in [0.5, 0.6) is 0 Å². The Bertz CT molecular complexity index is 1200. The highest BCUT2D eigenvalue weighted by molar-refractivity contribution is 7.17. The first-order chi connectivity index (χ1) is 12.9. The highest BCUT2D eigenvalue weighted by atomic mass is 32.1. The fourth-order valence-corrected chi connectivity index (χ4v) is 4.80. The van der Waals surface area contributed by atoms with E-state index in [9.17, 15) is 4.79 Å². The number of aromatic nitrogens is 2. The van der Waals surface area contributed by atoms with Crippen molar-refractivity contribution >= 4 is 22.6 Å². The Morgan fingerprint density at radius 1 is 0.889 bits per heavy atom. The molecule has 0 aliphatic heterocycles. The smallest absolute Gasteiger partial charge is 0.195 e. The van der Waals surface area contributed by atoms with Crippen molar-refractivity contribution in [1.82, 2.24) is 9.38 Å². The van der Waals surface area contributed by atoms with Crippen LogP contribution in [-0.2, 0) is 0 Å². The van der Waals surface area contributed by atoms with Crippen molar-refractivity contribution in [1.29, 1.82) is 0 Å². The molecule has 0 spiro atoms. The van der Waals surface area contributed by atoms with Crippen molar-refractivity contribution in [2.45, 2.75) is 34.6 Å². The van der Waals surface area contributed by atoms with Crippen LogP contribution in [0, 0.1) is 34.6 Å². The zero-order valence-electron chi connectivity index (χ0n) is 16.3. The maximum Gasteiger partial charge on any atom is 0.195 e. The molecule has 0 aliphatic rings. The number of carbonyl (C=O) groups excluding carboxylic acids is 1. The average Bonchev–Trinajstić information content (AvgIpc) is 3.09. The number of hydrogen-bond donors (Lipinski definition) is 0. The molecule has 0 radical (unpaired) electrons. The Kier molecular flexibility index (Phi) is 4.23. The van der Waals surface area contributed by atoms with E-state index in [0.717, 1.165) is 39.3 Å². The first kappa shape index (κ1) is 17.7. The van der Waals surface area contributed by atoms with Crippen molar-refractivity contribution in [2.24, 2.45) is 0 Å². The number of rotatable bonds is 3. The lowest BCUT2D eigenvalue weighted by Gasteiger charge is -2.09. The molecule has 27 heavy (non-hydrogen) atoms. The van der Waals surface area contributed by atoms with E-state index in [1.54, 1.807) is 11.3 Å². The number of thiazole rings is 1. The van der Waals surface area contributed by atoms with E-state index < -0.39 is 0 Å². The number of carbonyl (C=O) groups is 1. The summed E-state index contributed by atoms with van der Waals surface area (Å²) in [6.07, 6.45) is 0.938. The summed E-state index contributed by atoms with van der Waals surface area (Å²) in [4.78, 5) is 19.0. The van der Waals surface area contributed by atoms with Gasteiger partial charge in [0.2, 0.25) is 0 Å². The second-order valence-electron chi connectivity index (χ2n) is 7.23. The first-order valence-electron chi connectivity index (χ1n) is 9.03. The molecule has 0 saturated heterocycles. The maximum atomic E-state index is 12.1. The van der Waals surface area contributed by atoms with Gasteiger partial charge in [0.05, 0.1) is 5.69 Å². The molecule has 0 saturated carbocycles. The third-order valence-corrected chi connectivity index (χ3v) is 6.03. The SMILES string of the molecule is Cc1ccc(-c2nc3sc(C)c(-c4ccc(C)cc4C)n3c2C=O)c(C)c1. The van der Waals surface area contributed by atoms with Gasteiger partial charge in [-0.05, 0) is 45.7 Å². The number of benzene rings is 2. The van der Waals surface area contributed by atoms with Crippen LogP contribution in [0.4, 0.5) is 0 Å². The van der Waals surface area contributed by atoms with Gasteiger partial charge in [-0.1, -0.05) is 47.5 Å². The van der Waals surface area contributed by atoms with Gasteiger partial charge >= 0.3 is 0 Å². The molecule has 2 aromatic heterocycles. The third kappa shape index (κ3) is 2.81. The molecule has 2 heterocycles. The largest absolute Gasteiger partial charge is 0.296 e. The average molecular weight is 375 g/mol. The van der Waals surface area contributed by atoms with Crippen molar-refractivity contribution in [2.75, 3.05) is 0 Å². The Morgan fingerprint density at radius 2 is 1.48 bits per heavy atom. The lowest BCUT2D eigenvalue weighted by atomic mass is 10.0. The molecule has 0 fully saturated rings. The zero-order chi connectivity index (χ0) is 19.3. The molecule has 4 heteroatoms. The third-order valence-electron chi connectivity index (χ3n) is 5.07. The lowest BCUT2D eigenvalue weighted by molar-refractivity contribution is 0.111. The summed E-state index contributed by atoms with van der Waals surface area (Å²) < 4.78 is 2.03. The fourth-order valence-electron chi connectivity index (χ4n) is 3.81. The van der Waals surface area contributed by atoms with Gasteiger partial charge in [0, 0.05) is 16.0 Å². The van der Waals surface area contributed by atoms with Crippen LogP contribution in [0.1, 0.15) is 37.6 Å². The number of nitrogens with zero attached hydrogens (tertiary/aromatic N) is 2. The normalized spacial score (nSPS) is 11.3. The first-order valence-corrected chi connectivity index (χ1v) is 9.84. The van der Waals surface area contributed by atoms with Gasteiger partial charge in [0.15, 0.2) is 11.2 Å². The van der Waals surface area contributed by atoms with Gasteiger partial charge < -0.3 is 0 Å². The van der Waals surface area contributed by atoms with Gasteiger partial charge in [0.1, 0.15) is 11.4 Å². The summed E-state index contributed by atoms with van der Waals surface area (Å²) in [5.41, 5.74) is 9.40. The van der Waals surface area contributed by atoms with Crippen molar-refractivity contribution in [3.8, 4) is 22.5 Å². The molecule has 136 valence electrons. The monoisotopic (exact) mass is 374 g/mol. The minimum absolute atomic E-state index is 0.622. The van der Waals surface area contributed by atoms with Crippen molar-refractivity contribution < 1.29 is 4.79 Å². The van der Waals surface area contributed by atoms with Gasteiger partial charge in [-0.3, -0.25) is 9.20 Å². The van der Waals surface area contributed by atoms with Crippen LogP contribution in [0.2, 0.25) is 0 Å². The van der Waals surface area contributed by atoms with Crippen molar-refractivity contribution in [3.63, 3.8) is 0 Å². The second-order valence-corrected chi connectivity index (χ2v) is 8.41. The van der Waals surface area contributed by atoms with Gasteiger partial charge in [0.25, 0.3) is 0 Å². The Morgan fingerprint density at radius 3 is 2.04 bits per heavy atom. The minimum atomic E-state index is 0.622. The van der Waals surface area contributed by atoms with E-state index in [1.807, 2.05) is 4.40 Å². The molecule has 0 bridgehead atoms. The topological polar surface area (TPSA) is 34.4 Å². The fraction of sp³-hybridized carbons (Fsp3) is 0.217. The van der Waals surface area contributed by atoms with E-state index in [1.165, 1.54) is 21.6 Å². The number of fused-ring (bicyclic) bond motifs is 1. The highest BCUT2D eigenvalue weighted by Gasteiger charge is 2.22. The van der Waals surface area contributed by atoms with Crippen LogP contribution in [0.25, 0.3) is 27.5 Å². The quantitative estimate of drug-likeness (QED) is 0.407. The molecule has 3 nitrogen and oxygen atoms in total. The van der Waals surface area contributed by atoms with Crippen molar-refractivity contribution in [3.05, 3.63) is 69.2 Å². The molecule has 0 aliphatic carbocycles. The number of imidazole rings is 1. The summed E-state index contributed by atoms with van der Waals surface area (Å²) in [6, 6.07) is 12.7. The molecule has 0 unspecified atom stereocenters. The van der Waals surface area contributed by atoms with Gasteiger partial charge in [-0.25, -0.2) is 4.98 Å². The van der Waals surface area contributed by atoms with Crippen LogP contribution in [-0.4, -0.2) is 15.7 Å². The molecule has 2 aromatic carbocycles. The molecule has 0 atom stereocenters. The summed E-state index contributed by atoms with van der Waals surface area (Å²) in [5.74, 6) is 0. The summed E-state index contributed by atoms with van der Waals surface area (Å²) in [5, 5.41) is 0.